The number of halogens is 3. The van der Waals surface area contributed by atoms with Gasteiger partial charge in [0.2, 0.25) is 0 Å². The highest BCUT2D eigenvalue weighted by molar-refractivity contribution is 5.95. The Hall–Kier alpha value is -2.12. The van der Waals surface area contributed by atoms with Crippen LogP contribution in [-0.4, -0.2) is 22.9 Å². The van der Waals surface area contributed by atoms with Crippen molar-refractivity contribution in [1.82, 2.24) is 4.57 Å². The zero-order valence-electron chi connectivity index (χ0n) is 10.6. The third-order valence-electron chi connectivity index (χ3n) is 2.32. The highest BCUT2D eigenvalue weighted by Gasteiger charge is 2.34. The summed E-state index contributed by atoms with van der Waals surface area (Å²) in [5, 5.41) is 0. The van der Waals surface area contributed by atoms with Crippen molar-refractivity contribution in [2.45, 2.75) is 26.1 Å². The van der Waals surface area contributed by atoms with Crippen LogP contribution in [0.1, 0.15) is 19.0 Å². The van der Waals surface area contributed by atoms with Gasteiger partial charge in [0, 0.05) is 6.07 Å². The van der Waals surface area contributed by atoms with Crippen molar-refractivity contribution in [2.75, 3.05) is 6.61 Å². The monoisotopic (exact) mass is 291 g/mol. The minimum atomic E-state index is -4.76. The van der Waals surface area contributed by atoms with Crippen LogP contribution < -0.4 is 5.56 Å². The van der Waals surface area contributed by atoms with Crippen LogP contribution in [0.15, 0.2) is 23.0 Å². The summed E-state index contributed by atoms with van der Waals surface area (Å²) < 4.78 is 42.9. The largest absolute Gasteiger partial charge is 0.466 e. The average Bonchev–Trinajstić information content (AvgIpc) is 2.30. The van der Waals surface area contributed by atoms with Gasteiger partial charge in [-0.25, -0.2) is 0 Å². The minimum absolute atomic E-state index is 0.0607. The summed E-state index contributed by atoms with van der Waals surface area (Å²) in [7, 11) is 0. The second-order valence-electron chi connectivity index (χ2n) is 3.85. The van der Waals surface area contributed by atoms with Crippen molar-refractivity contribution in [2.24, 2.45) is 0 Å². The predicted octanol–water partition coefficient (Wildman–Crippen LogP) is 1.39. The molecule has 20 heavy (non-hydrogen) atoms. The number of carbonyl (C=O) groups is 2. The molecule has 0 atom stereocenters. The number of aromatic nitrogens is 1. The number of alkyl halides is 3. The molecule has 0 saturated carbocycles. The number of carbonyl (C=O) groups excluding carboxylic acids is 2. The smallest absolute Gasteiger partial charge is 0.431 e. The van der Waals surface area contributed by atoms with Gasteiger partial charge in [0.1, 0.15) is 12.1 Å². The molecule has 0 aliphatic heterocycles. The van der Waals surface area contributed by atoms with Crippen LogP contribution in [0.2, 0.25) is 0 Å². The van der Waals surface area contributed by atoms with E-state index in [0.29, 0.717) is 10.6 Å². The molecule has 5 nitrogen and oxygen atoms in total. The van der Waals surface area contributed by atoms with Gasteiger partial charge < -0.3 is 4.74 Å². The van der Waals surface area contributed by atoms with Gasteiger partial charge in [-0.05, 0) is 13.0 Å². The quantitative estimate of drug-likeness (QED) is 0.607. The van der Waals surface area contributed by atoms with Crippen molar-refractivity contribution in [3.63, 3.8) is 0 Å². The van der Waals surface area contributed by atoms with Crippen LogP contribution in [0.25, 0.3) is 0 Å². The van der Waals surface area contributed by atoms with Gasteiger partial charge in [-0.3, -0.25) is 19.0 Å². The summed E-state index contributed by atoms with van der Waals surface area (Å²) >= 11 is 0. The first-order valence-corrected chi connectivity index (χ1v) is 5.70. The van der Waals surface area contributed by atoms with E-state index in [1.807, 2.05) is 0 Å². The molecule has 8 heteroatoms. The molecule has 1 rings (SSSR count). The predicted molar refractivity (Wildman–Crippen MR) is 62.0 cm³/mol. The number of esters is 1. The number of hydrogen-bond acceptors (Lipinski definition) is 4. The Bertz CT molecular complexity index is 563. The zero-order chi connectivity index (χ0) is 15.3. The first kappa shape index (κ1) is 15.9. The molecule has 0 radical (unpaired) electrons. The van der Waals surface area contributed by atoms with Crippen LogP contribution in [0.5, 0.6) is 0 Å². The Morgan fingerprint density at radius 1 is 1.30 bits per heavy atom. The fourth-order valence-corrected chi connectivity index (χ4v) is 1.54. The van der Waals surface area contributed by atoms with E-state index in [-0.39, 0.29) is 6.61 Å². The number of pyridine rings is 1. The van der Waals surface area contributed by atoms with Crippen LogP contribution in [-0.2, 0) is 27.0 Å². The molecule has 0 aliphatic rings. The molecule has 0 amide bonds. The van der Waals surface area contributed by atoms with E-state index < -0.39 is 42.1 Å². The summed E-state index contributed by atoms with van der Waals surface area (Å²) in [6, 6.07) is 2.56. The van der Waals surface area contributed by atoms with E-state index in [4.69, 9.17) is 0 Å². The standard InChI is InChI=1S/C12H12F3NO4/c1-2-20-11(19)6-8(17)7-16-9(12(13,14)15)4-3-5-10(16)18/h3-5H,2,6-7H2,1H3. The Balaban J connectivity index is 2.95. The Morgan fingerprint density at radius 2 is 1.95 bits per heavy atom. The first-order valence-electron chi connectivity index (χ1n) is 5.70. The molecule has 0 spiro atoms. The molecular weight excluding hydrogens is 279 g/mol. The maximum absolute atomic E-state index is 12.7. The van der Waals surface area contributed by atoms with Gasteiger partial charge >= 0.3 is 12.1 Å². The van der Waals surface area contributed by atoms with Crippen LogP contribution in [0.3, 0.4) is 0 Å². The Morgan fingerprint density at radius 3 is 2.50 bits per heavy atom. The fourth-order valence-electron chi connectivity index (χ4n) is 1.54. The van der Waals surface area contributed by atoms with E-state index in [1.165, 1.54) is 6.92 Å². The van der Waals surface area contributed by atoms with Crippen LogP contribution in [0, 0.1) is 0 Å². The number of nitrogens with zero attached hydrogens (tertiary/aromatic N) is 1. The molecule has 1 aromatic heterocycles. The van der Waals surface area contributed by atoms with Gasteiger partial charge in [0.25, 0.3) is 5.56 Å². The molecule has 0 saturated heterocycles. The molecule has 0 fully saturated rings. The third-order valence-corrected chi connectivity index (χ3v) is 2.32. The average molecular weight is 291 g/mol. The van der Waals surface area contributed by atoms with E-state index in [1.54, 1.807) is 0 Å². The molecule has 0 N–H and O–H groups in total. The Kier molecular flexibility index (Phi) is 5.06. The number of ketones is 1. The lowest BCUT2D eigenvalue weighted by Crippen LogP contribution is -2.30. The van der Waals surface area contributed by atoms with E-state index >= 15 is 0 Å². The molecule has 0 aliphatic carbocycles. The summed E-state index contributed by atoms with van der Waals surface area (Å²) in [6.45, 7) is 0.768. The van der Waals surface area contributed by atoms with Crippen molar-refractivity contribution < 1.29 is 27.5 Å². The molecular formula is C12H12F3NO4. The highest BCUT2D eigenvalue weighted by atomic mass is 19.4. The van der Waals surface area contributed by atoms with Crippen molar-refractivity contribution >= 4 is 11.8 Å². The van der Waals surface area contributed by atoms with E-state index in [0.717, 1.165) is 12.1 Å². The second-order valence-corrected chi connectivity index (χ2v) is 3.85. The van der Waals surface area contributed by atoms with Gasteiger partial charge in [0.05, 0.1) is 13.2 Å². The number of Topliss-reactive ketones (excluding diaryl/α,β-unsaturated/α-hetero) is 1. The summed E-state index contributed by atoms with van der Waals surface area (Å²) in [5.41, 5.74) is -2.20. The van der Waals surface area contributed by atoms with Crippen molar-refractivity contribution in [1.29, 1.82) is 0 Å². The molecule has 1 aromatic rings. The van der Waals surface area contributed by atoms with Gasteiger partial charge in [-0.2, -0.15) is 13.2 Å². The SMILES string of the molecule is CCOC(=O)CC(=O)Cn1c(C(F)(F)F)cccc1=O. The van der Waals surface area contributed by atoms with E-state index in [2.05, 4.69) is 4.74 Å². The summed E-state index contributed by atoms with van der Waals surface area (Å²) in [5.74, 6) is -1.67. The lowest BCUT2D eigenvalue weighted by Gasteiger charge is -2.14. The molecule has 0 unspecified atom stereocenters. The lowest BCUT2D eigenvalue weighted by atomic mass is 10.2. The van der Waals surface area contributed by atoms with Crippen molar-refractivity contribution in [3.8, 4) is 0 Å². The second kappa shape index (κ2) is 6.36. The summed E-state index contributed by atoms with van der Waals surface area (Å²) in [6.07, 6.45) is -5.43. The molecule has 110 valence electrons. The van der Waals surface area contributed by atoms with Gasteiger partial charge in [-0.15, -0.1) is 0 Å². The zero-order valence-corrected chi connectivity index (χ0v) is 10.6. The molecule has 0 aromatic carbocycles. The Labute approximate surface area is 112 Å². The normalized spacial score (nSPS) is 11.2. The minimum Gasteiger partial charge on any atom is -0.466 e. The number of rotatable bonds is 5. The molecule has 0 bridgehead atoms. The van der Waals surface area contributed by atoms with Crippen molar-refractivity contribution in [3.05, 3.63) is 34.2 Å². The maximum atomic E-state index is 12.7. The number of hydrogen-bond donors (Lipinski definition) is 0. The lowest BCUT2D eigenvalue weighted by molar-refractivity contribution is -0.146. The topological polar surface area (TPSA) is 65.4 Å². The van der Waals surface area contributed by atoms with Gasteiger partial charge in [-0.1, -0.05) is 6.07 Å². The number of ether oxygens (including phenoxy) is 1. The van der Waals surface area contributed by atoms with Crippen LogP contribution >= 0.6 is 0 Å². The molecule has 1 heterocycles. The third kappa shape index (κ3) is 4.22. The van der Waals surface area contributed by atoms with Crippen LogP contribution in [0.4, 0.5) is 13.2 Å². The first-order chi connectivity index (χ1) is 9.25. The maximum Gasteiger partial charge on any atom is 0.431 e. The van der Waals surface area contributed by atoms with E-state index in [9.17, 15) is 27.6 Å². The highest BCUT2D eigenvalue weighted by Crippen LogP contribution is 2.28. The fraction of sp³-hybridized carbons (Fsp3) is 0.417. The van der Waals surface area contributed by atoms with Gasteiger partial charge in [0.15, 0.2) is 5.78 Å². The summed E-state index contributed by atoms with van der Waals surface area (Å²) in [4.78, 5) is 34.0.